The Morgan fingerprint density at radius 1 is 1.21 bits per heavy atom. The average molecular weight is 394 g/mol. The van der Waals surface area contributed by atoms with Crippen LogP contribution in [0.15, 0.2) is 24.3 Å². The first-order chi connectivity index (χ1) is 13.3. The Bertz CT molecular complexity index is 1120. The van der Waals surface area contributed by atoms with Gasteiger partial charge in [-0.2, -0.15) is 5.10 Å². The Hall–Kier alpha value is -2.73. The maximum Gasteiger partial charge on any atom is 0.226 e. The number of rotatable bonds is 3. The highest BCUT2D eigenvalue weighted by molar-refractivity contribution is 7.12. The summed E-state index contributed by atoms with van der Waals surface area (Å²) in [5.74, 6) is -0.0378. The standard InChI is InChI=1S/C22H23N3O2S/c1-11-7-6-8-18(13(11)3)25-22-20(14(4)24-25)17(10-19(26)23-22)21(27)16-9-12(2)28-15(16)5/h6-9,17H,10H2,1-5H3,(H,23,26)/t17-/m0/s1. The van der Waals surface area contributed by atoms with E-state index in [1.165, 1.54) is 0 Å². The molecule has 1 aliphatic rings. The van der Waals surface area contributed by atoms with Crippen molar-refractivity contribution in [3.05, 3.63) is 62.0 Å². The van der Waals surface area contributed by atoms with E-state index >= 15 is 0 Å². The number of ketones is 1. The normalized spacial score (nSPS) is 16.0. The van der Waals surface area contributed by atoms with E-state index in [4.69, 9.17) is 5.10 Å². The molecule has 144 valence electrons. The van der Waals surface area contributed by atoms with Crippen LogP contribution in [0.2, 0.25) is 0 Å². The first-order valence-corrected chi connectivity index (χ1v) is 10.2. The molecule has 5 nitrogen and oxygen atoms in total. The summed E-state index contributed by atoms with van der Waals surface area (Å²) in [6, 6.07) is 7.94. The number of carbonyl (C=O) groups excluding carboxylic acids is 2. The molecule has 0 fully saturated rings. The lowest BCUT2D eigenvalue weighted by Crippen LogP contribution is -2.28. The molecule has 1 amide bonds. The number of thiophene rings is 1. The first-order valence-electron chi connectivity index (χ1n) is 9.35. The number of anilines is 1. The molecule has 1 aliphatic heterocycles. The van der Waals surface area contributed by atoms with Crippen molar-refractivity contribution in [2.24, 2.45) is 0 Å². The van der Waals surface area contributed by atoms with Crippen LogP contribution >= 0.6 is 11.3 Å². The largest absolute Gasteiger partial charge is 0.310 e. The Morgan fingerprint density at radius 2 is 1.96 bits per heavy atom. The summed E-state index contributed by atoms with van der Waals surface area (Å²) in [6.45, 7) is 9.95. The molecule has 4 rings (SSSR count). The maximum absolute atomic E-state index is 13.4. The number of benzene rings is 1. The lowest BCUT2D eigenvalue weighted by Gasteiger charge is -2.23. The summed E-state index contributed by atoms with van der Waals surface area (Å²) in [5.41, 5.74) is 5.48. The van der Waals surface area contributed by atoms with E-state index in [2.05, 4.69) is 5.32 Å². The summed E-state index contributed by atoms with van der Waals surface area (Å²) in [7, 11) is 0. The molecule has 1 aromatic carbocycles. The monoisotopic (exact) mass is 393 g/mol. The van der Waals surface area contributed by atoms with Crippen molar-refractivity contribution in [3.8, 4) is 5.69 Å². The van der Waals surface area contributed by atoms with Crippen molar-refractivity contribution >= 4 is 28.8 Å². The van der Waals surface area contributed by atoms with Crippen molar-refractivity contribution in [2.45, 2.75) is 47.0 Å². The Kier molecular flexibility index (Phi) is 4.46. The van der Waals surface area contributed by atoms with Gasteiger partial charge in [0, 0.05) is 27.3 Å². The van der Waals surface area contributed by atoms with Gasteiger partial charge in [-0.25, -0.2) is 4.68 Å². The molecule has 0 aliphatic carbocycles. The molecule has 3 heterocycles. The van der Waals surface area contributed by atoms with Gasteiger partial charge in [0.15, 0.2) is 5.78 Å². The van der Waals surface area contributed by atoms with E-state index in [0.29, 0.717) is 11.4 Å². The molecule has 0 saturated heterocycles. The predicted octanol–water partition coefficient (Wildman–Crippen LogP) is 4.78. The highest BCUT2D eigenvalue weighted by Gasteiger charge is 2.37. The van der Waals surface area contributed by atoms with Gasteiger partial charge in [0.2, 0.25) is 5.91 Å². The summed E-state index contributed by atoms with van der Waals surface area (Å²) in [6.07, 6.45) is 0.152. The zero-order valence-electron chi connectivity index (χ0n) is 16.7. The third kappa shape index (κ3) is 2.88. The Balaban J connectivity index is 1.87. The van der Waals surface area contributed by atoms with Crippen molar-refractivity contribution in [2.75, 3.05) is 5.32 Å². The van der Waals surface area contributed by atoms with Crippen molar-refractivity contribution < 1.29 is 9.59 Å². The molecular formula is C22H23N3O2S. The number of nitrogens with one attached hydrogen (secondary N) is 1. The van der Waals surface area contributed by atoms with E-state index < -0.39 is 5.92 Å². The number of nitrogens with zero attached hydrogens (tertiary/aromatic N) is 2. The molecule has 28 heavy (non-hydrogen) atoms. The summed E-state index contributed by atoms with van der Waals surface area (Å²) in [5, 5.41) is 7.67. The Labute approximate surface area is 168 Å². The van der Waals surface area contributed by atoms with E-state index in [1.807, 2.05) is 58.9 Å². The number of Topliss-reactive ketones (excluding diaryl/α,β-unsaturated/α-hetero) is 1. The fraction of sp³-hybridized carbons (Fsp3) is 0.318. The van der Waals surface area contributed by atoms with Gasteiger partial charge in [0.25, 0.3) is 0 Å². The predicted molar refractivity (Wildman–Crippen MR) is 112 cm³/mol. The van der Waals surface area contributed by atoms with Gasteiger partial charge in [-0.05, 0) is 57.9 Å². The van der Waals surface area contributed by atoms with Gasteiger partial charge in [0.05, 0.1) is 17.3 Å². The van der Waals surface area contributed by atoms with Gasteiger partial charge >= 0.3 is 0 Å². The van der Waals surface area contributed by atoms with Gasteiger partial charge in [-0.3, -0.25) is 9.59 Å². The van der Waals surface area contributed by atoms with Crippen LogP contribution in [0.5, 0.6) is 0 Å². The molecule has 3 aromatic rings. The van der Waals surface area contributed by atoms with Gasteiger partial charge in [0.1, 0.15) is 5.82 Å². The molecular weight excluding hydrogens is 370 g/mol. The third-order valence-electron chi connectivity index (χ3n) is 5.53. The number of aromatic nitrogens is 2. The average Bonchev–Trinajstić information content (AvgIpc) is 3.15. The van der Waals surface area contributed by atoms with Crippen LogP contribution in [-0.4, -0.2) is 21.5 Å². The van der Waals surface area contributed by atoms with Gasteiger partial charge < -0.3 is 5.32 Å². The fourth-order valence-electron chi connectivity index (χ4n) is 3.97. The smallest absolute Gasteiger partial charge is 0.226 e. The Morgan fingerprint density at radius 3 is 2.64 bits per heavy atom. The van der Waals surface area contributed by atoms with Gasteiger partial charge in [-0.1, -0.05) is 12.1 Å². The number of hydrogen-bond donors (Lipinski definition) is 1. The quantitative estimate of drug-likeness (QED) is 0.651. The second kappa shape index (κ2) is 6.71. The second-order valence-corrected chi connectivity index (χ2v) is 8.94. The molecule has 2 aromatic heterocycles. The van der Waals surface area contributed by atoms with E-state index in [1.54, 1.807) is 16.0 Å². The van der Waals surface area contributed by atoms with Gasteiger partial charge in [-0.15, -0.1) is 11.3 Å². The molecule has 1 N–H and O–H groups in total. The van der Waals surface area contributed by atoms with Crippen LogP contribution in [0.25, 0.3) is 5.69 Å². The number of aryl methyl sites for hydroxylation is 4. The van der Waals surface area contributed by atoms with Crippen molar-refractivity contribution in [1.82, 2.24) is 9.78 Å². The molecule has 0 radical (unpaired) electrons. The second-order valence-electron chi connectivity index (χ2n) is 7.47. The molecule has 6 heteroatoms. The minimum atomic E-state index is -0.504. The maximum atomic E-state index is 13.4. The molecule has 0 bridgehead atoms. The number of carbonyl (C=O) groups is 2. The van der Waals surface area contributed by atoms with Crippen LogP contribution in [0, 0.1) is 34.6 Å². The lowest BCUT2D eigenvalue weighted by molar-refractivity contribution is -0.116. The molecule has 0 unspecified atom stereocenters. The summed E-state index contributed by atoms with van der Waals surface area (Å²) < 4.78 is 1.77. The minimum absolute atomic E-state index is 0.00145. The van der Waals surface area contributed by atoms with Crippen LogP contribution in [0.3, 0.4) is 0 Å². The fourth-order valence-corrected chi connectivity index (χ4v) is 4.90. The number of fused-ring (bicyclic) bond motifs is 1. The van der Waals surface area contributed by atoms with E-state index in [0.717, 1.165) is 37.8 Å². The SMILES string of the molecule is Cc1cc(C(=O)[C@H]2CC(=O)Nc3c2c(C)nn3-c2cccc(C)c2C)c(C)s1. The van der Waals surface area contributed by atoms with Crippen LogP contribution in [0.1, 0.15) is 54.8 Å². The van der Waals surface area contributed by atoms with Crippen LogP contribution < -0.4 is 5.32 Å². The minimum Gasteiger partial charge on any atom is -0.310 e. The molecule has 1 atom stereocenters. The number of amides is 1. The lowest BCUT2D eigenvalue weighted by atomic mass is 9.85. The highest BCUT2D eigenvalue weighted by Crippen LogP contribution is 2.39. The van der Waals surface area contributed by atoms with Crippen LogP contribution in [0.4, 0.5) is 5.82 Å². The highest BCUT2D eigenvalue weighted by atomic mass is 32.1. The van der Waals surface area contributed by atoms with E-state index in [9.17, 15) is 9.59 Å². The summed E-state index contributed by atoms with van der Waals surface area (Å²) in [4.78, 5) is 28.0. The molecule has 0 saturated carbocycles. The zero-order chi connectivity index (χ0) is 20.2. The van der Waals surface area contributed by atoms with Crippen LogP contribution in [-0.2, 0) is 4.79 Å². The third-order valence-corrected chi connectivity index (χ3v) is 6.50. The zero-order valence-corrected chi connectivity index (χ0v) is 17.5. The number of hydrogen-bond acceptors (Lipinski definition) is 4. The topological polar surface area (TPSA) is 64.0 Å². The van der Waals surface area contributed by atoms with Crippen molar-refractivity contribution in [3.63, 3.8) is 0 Å². The summed E-state index contributed by atoms with van der Waals surface area (Å²) >= 11 is 1.61. The van der Waals surface area contributed by atoms with Crippen molar-refractivity contribution in [1.29, 1.82) is 0 Å². The van der Waals surface area contributed by atoms with E-state index in [-0.39, 0.29) is 18.1 Å². The first kappa shape index (κ1) is 18.6. The molecule has 0 spiro atoms.